The van der Waals surface area contributed by atoms with Crippen LogP contribution < -0.4 is 0 Å². The molecule has 0 aliphatic carbocycles. The van der Waals surface area contributed by atoms with E-state index in [0.29, 0.717) is 11.8 Å². The van der Waals surface area contributed by atoms with Gasteiger partial charge in [-0.1, -0.05) is 6.08 Å². The molecule has 0 unspecified atom stereocenters. The first-order valence-electron chi connectivity index (χ1n) is 3.34. The molecule has 1 heterocycles. The second kappa shape index (κ2) is 4.04. The van der Waals surface area contributed by atoms with Crippen LogP contribution in [0.5, 0.6) is 0 Å². The smallest absolute Gasteiger partial charge is 0.142 e. The van der Waals surface area contributed by atoms with Gasteiger partial charge in [-0.15, -0.1) is 0 Å². The Kier molecular flexibility index (Phi) is 2.74. The molecule has 0 saturated carbocycles. The quantitative estimate of drug-likeness (QED) is 0.479. The number of hydrogen-bond donors (Lipinski definition) is 0. The van der Waals surface area contributed by atoms with Gasteiger partial charge in [0.25, 0.3) is 0 Å². The summed E-state index contributed by atoms with van der Waals surface area (Å²) in [5.41, 5.74) is 1.24. The Hall–Kier alpha value is -1.95. The zero-order chi connectivity index (χ0) is 8.81. The van der Waals surface area contributed by atoms with Crippen LogP contribution in [-0.2, 0) is 4.79 Å². The SMILES string of the molecule is N#Cc1cncc(/C=C/C=O)c1. The largest absolute Gasteiger partial charge is 0.299 e. The lowest BCUT2D eigenvalue weighted by Crippen LogP contribution is -1.80. The minimum absolute atomic E-state index is 0.489. The van der Waals surface area contributed by atoms with E-state index < -0.39 is 0 Å². The van der Waals surface area contributed by atoms with Crippen molar-refractivity contribution in [3.8, 4) is 6.07 Å². The van der Waals surface area contributed by atoms with Crippen molar-refractivity contribution in [2.45, 2.75) is 0 Å². The van der Waals surface area contributed by atoms with E-state index in [9.17, 15) is 4.79 Å². The molecule has 0 fully saturated rings. The van der Waals surface area contributed by atoms with Crippen molar-refractivity contribution >= 4 is 12.4 Å². The maximum atomic E-state index is 9.96. The Labute approximate surface area is 70.0 Å². The van der Waals surface area contributed by atoms with Gasteiger partial charge in [0.15, 0.2) is 0 Å². The fourth-order valence-electron chi connectivity index (χ4n) is 0.760. The van der Waals surface area contributed by atoms with Crippen molar-refractivity contribution in [1.29, 1.82) is 5.26 Å². The number of carbonyl (C=O) groups is 1. The molecule has 1 aromatic rings. The monoisotopic (exact) mass is 158 g/mol. The van der Waals surface area contributed by atoms with Gasteiger partial charge in [-0.2, -0.15) is 5.26 Å². The molecule has 0 atom stereocenters. The normalized spacial score (nSPS) is 9.58. The number of aromatic nitrogens is 1. The number of aldehydes is 1. The lowest BCUT2D eigenvalue weighted by atomic mass is 10.2. The van der Waals surface area contributed by atoms with E-state index in [2.05, 4.69) is 4.98 Å². The van der Waals surface area contributed by atoms with Crippen LogP contribution in [0.25, 0.3) is 6.08 Å². The lowest BCUT2D eigenvalue weighted by Gasteiger charge is -1.90. The summed E-state index contributed by atoms with van der Waals surface area (Å²) in [5.74, 6) is 0. The molecule has 3 heteroatoms. The third-order valence-electron chi connectivity index (χ3n) is 1.26. The minimum Gasteiger partial charge on any atom is -0.299 e. The number of rotatable bonds is 2. The molecule has 0 bridgehead atoms. The van der Waals surface area contributed by atoms with Crippen LogP contribution in [0.2, 0.25) is 0 Å². The highest BCUT2D eigenvalue weighted by molar-refractivity contribution is 5.73. The Morgan fingerprint density at radius 3 is 3.00 bits per heavy atom. The maximum absolute atomic E-state index is 9.96. The minimum atomic E-state index is 0.489. The molecule has 3 nitrogen and oxygen atoms in total. The summed E-state index contributed by atoms with van der Waals surface area (Å²) in [6, 6.07) is 3.62. The average Bonchev–Trinajstić information content (AvgIpc) is 2.15. The van der Waals surface area contributed by atoms with Crippen LogP contribution in [0.15, 0.2) is 24.5 Å². The predicted octanol–water partition coefficient (Wildman–Crippen LogP) is 1.17. The van der Waals surface area contributed by atoms with E-state index in [-0.39, 0.29) is 0 Å². The molecule has 0 radical (unpaired) electrons. The molecule has 0 spiro atoms. The van der Waals surface area contributed by atoms with Crippen molar-refractivity contribution in [2.24, 2.45) is 0 Å². The van der Waals surface area contributed by atoms with Gasteiger partial charge in [-0.25, -0.2) is 0 Å². The molecule has 0 N–H and O–H groups in total. The molecule has 0 amide bonds. The third kappa shape index (κ3) is 2.03. The number of pyridine rings is 1. The second-order valence-corrected chi connectivity index (χ2v) is 2.11. The van der Waals surface area contributed by atoms with Crippen molar-refractivity contribution < 1.29 is 4.79 Å². The summed E-state index contributed by atoms with van der Waals surface area (Å²) >= 11 is 0. The summed E-state index contributed by atoms with van der Waals surface area (Å²) < 4.78 is 0. The first kappa shape index (κ1) is 8.15. The van der Waals surface area contributed by atoms with E-state index >= 15 is 0 Å². The van der Waals surface area contributed by atoms with Crippen LogP contribution >= 0.6 is 0 Å². The Morgan fingerprint density at radius 2 is 2.33 bits per heavy atom. The fraction of sp³-hybridized carbons (Fsp3) is 0. The third-order valence-corrected chi connectivity index (χ3v) is 1.26. The van der Waals surface area contributed by atoms with Gasteiger partial charge < -0.3 is 0 Å². The summed E-state index contributed by atoms with van der Waals surface area (Å²) in [5, 5.41) is 8.50. The first-order valence-corrected chi connectivity index (χ1v) is 3.34. The summed E-state index contributed by atoms with van der Waals surface area (Å²) in [6.45, 7) is 0. The van der Waals surface area contributed by atoms with Gasteiger partial charge in [0.05, 0.1) is 5.56 Å². The van der Waals surface area contributed by atoms with Gasteiger partial charge >= 0.3 is 0 Å². The highest BCUT2D eigenvalue weighted by Crippen LogP contribution is 2.02. The fourth-order valence-corrected chi connectivity index (χ4v) is 0.760. The van der Waals surface area contributed by atoms with Crippen molar-refractivity contribution in [3.63, 3.8) is 0 Å². The van der Waals surface area contributed by atoms with Crippen LogP contribution in [-0.4, -0.2) is 11.3 Å². The van der Waals surface area contributed by atoms with E-state index in [1.807, 2.05) is 6.07 Å². The first-order chi connectivity index (χ1) is 5.86. The summed E-state index contributed by atoms with van der Waals surface area (Å²) in [6.07, 6.45) is 6.69. The van der Waals surface area contributed by atoms with Crippen molar-refractivity contribution in [1.82, 2.24) is 4.98 Å². The zero-order valence-corrected chi connectivity index (χ0v) is 6.27. The van der Waals surface area contributed by atoms with Gasteiger partial charge in [-0.05, 0) is 17.7 Å². The number of carbonyl (C=O) groups excluding carboxylic acids is 1. The standard InChI is InChI=1S/C9H6N2O/c10-5-9-4-8(2-1-3-12)6-11-7-9/h1-4,6-7H/b2-1+. The number of nitriles is 1. The highest BCUT2D eigenvalue weighted by atomic mass is 16.1. The second-order valence-electron chi connectivity index (χ2n) is 2.11. The zero-order valence-electron chi connectivity index (χ0n) is 6.27. The number of hydrogen-bond acceptors (Lipinski definition) is 3. The summed E-state index contributed by atoms with van der Waals surface area (Å²) in [4.78, 5) is 13.8. The predicted molar refractivity (Wildman–Crippen MR) is 44.1 cm³/mol. The van der Waals surface area contributed by atoms with Crippen molar-refractivity contribution in [2.75, 3.05) is 0 Å². The van der Waals surface area contributed by atoms with Crippen LogP contribution in [0.1, 0.15) is 11.1 Å². The molecule has 58 valence electrons. The molecule has 12 heavy (non-hydrogen) atoms. The van der Waals surface area contributed by atoms with Gasteiger partial charge in [0, 0.05) is 12.4 Å². The van der Waals surface area contributed by atoms with E-state index in [1.165, 1.54) is 12.3 Å². The van der Waals surface area contributed by atoms with Gasteiger partial charge in [-0.3, -0.25) is 9.78 Å². The summed E-state index contributed by atoms with van der Waals surface area (Å²) in [7, 11) is 0. The molecule has 1 rings (SSSR count). The van der Waals surface area contributed by atoms with Crippen LogP contribution in [0, 0.1) is 11.3 Å². The molecule has 1 aromatic heterocycles. The number of allylic oxidation sites excluding steroid dienone is 1. The van der Waals surface area contributed by atoms with Crippen molar-refractivity contribution in [3.05, 3.63) is 35.7 Å². The lowest BCUT2D eigenvalue weighted by molar-refractivity contribution is -0.104. The topological polar surface area (TPSA) is 53.8 Å². The van der Waals surface area contributed by atoms with Gasteiger partial charge in [0.2, 0.25) is 0 Å². The van der Waals surface area contributed by atoms with E-state index in [1.54, 1.807) is 18.3 Å². The van der Waals surface area contributed by atoms with Crippen LogP contribution in [0.4, 0.5) is 0 Å². The molecular weight excluding hydrogens is 152 g/mol. The molecule has 0 aromatic carbocycles. The Morgan fingerprint density at radius 1 is 1.50 bits per heavy atom. The maximum Gasteiger partial charge on any atom is 0.142 e. The Balaban J connectivity index is 2.95. The van der Waals surface area contributed by atoms with E-state index in [0.717, 1.165) is 5.56 Å². The van der Waals surface area contributed by atoms with Gasteiger partial charge in [0.1, 0.15) is 12.4 Å². The number of nitrogens with zero attached hydrogens (tertiary/aromatic N) is 2. The molecule has 0 saturated heterocycles. The highest BCUT2D eigenvalue weighted by Gasteiger charge is 1.90. The molecular formula is C9H6N2O. The van der Waals surface area contributed by atoms with Crippen LogP contribution in [0.3, 0.4) is 0 Å². The van der Waals surface area contributed by atoms with E-state index in [4.69, 9.17) is 5.26 Å². The average molecular weight is 158 g/mol. The molecule has 0 aliphatic rings. The molecule has 0 aliphatic heterocycles. The Bertz CT molecular complexity index is 350.